The van der Waals surface area contributed by atoms with Crippen LogP contribution in [0.2, 0.25) is 10.0 Å². The van der Waals surface area contributed by atoms with E-state index in [1.54, 1.807) is 36.4 Å². The third kappa shape index (κ3) is 5.87. The third-order valence-corrected chi connectivity index (χ3v) is 5.91. The lowest BCUT2D eigenvalue weighted by Gasteiger charge is -2.31. The number of hydrogen-bond acceptors (Lipinski definition) is 2. The minimum Gasteiger partial charge on any atom is -0.357 e. The van der Waals surface area contributed by atoms with Crippen LogP contribution in [0.25, 0.3) is 0 Å². The molecule has 3 aromatic carbocycles. The molecule has 166 valence electrons. The number of nitrogens with zero attached hydrogens (tertiary/aromatic N) is 1. The van der Waals surface area contributed by atoms with E-state index < -0.39 is 11.9 Å². The average molecular weight is 473 g/mol. The van der Waals surface area contributed by atoms with Crippen LogP contribution >= 0.6 is 23.2 Å². The van der Waals surface area contributed by atoms with Crippen molar-refractivity contribution in [2.75, 3.05) is 7.05 Å². The second-order valence-electron chi connectivity index (χ2n) is 7.31. The predicted octanol–water partition coefficient (Wildman–Crippen LogP) is 5.06. The lowest BCUT2D eigenvalue weighted by molar-refractivity contribution is -0.140. The molecule has 2 amide bonds. The molecule has 0 aliphatic rings. The summed E-state index contributed by atoms with van der Waals surface area (Å²) in [7, 11) is 1.51. The average Bonchev–Trinajstić information content (AvgIpc) is 2.80. The number of halogens is 3. The topological polar surface area (TPSA) is 49.4 Å². The molecule has 0 aromatic heterocycles. The molecule has 7 heteroatoms. The van der Waals surface area contributed by atoms with E-state index in [1.807, 2.05) is 30.3 Å². The Morgan fingerprint density at radius 2 is 1.56 bits per heavy atom. The highest BCUT2D eigenvalue weighted by Gasteiger charge is 2.31. The molecule has 0 bridgehead atoms. The largest absolute Gasteiger partial charge is 0.357 e. The van der Waals surface area contributed by atoms with E-state index in [0.717, 1.165) is 5.56 Å². The molecule has 0 saturated carbocycles. The molecule has 0 aliphatic carbocycles. The zero-order valence-electron chi connectivity index (χ0n) is 17.5. The van der Waals surface area contributed by atoms with Gasteiger partial charge in [-0.2, -0.15) is 0 Å². The quantitative estimate of drug-likeness (QED) is 0.497. The maximum atomic E-state index is 14.5. The summed E-state index contributed by atoms with van der Waals surface area (Å²) < 4.78 is 14.5. The fourth-order valence-corrected chi connectivity index (χ4v) is 4.02. The van der Waals surface area contributed by atoms with Gasteiger partial charge in [0.1, 0.15) is 11.9 Å². The Kier molecular flexibility index (Phi) is 8.26. The van der Waals surface area contributed by atoms with Crippen molar-refractivity contribution in [3.05, 3.63) is 105 Å². The Labute approximate surface area is 197 Å². The fraction of sp³-hybridized carbons (Fsp3) is 0.200. The van der Waals surface area contributed by atoms with Crippen molar-refractivity contribution in [1.29, 1.82) is 0 Å². The predicted molar refractivity (Wildman–Crippen MR) is 125 cm³/mol. The van der Waals surface area contributed by atoms with Crippen LogP contribution in [-0.4, -0.2) is 29.8 Å². The summed E-state index contributed by atoms with van der Waals surface area (Å²) in [6.45, 7) is -0.0709. The first kappa shape index (κ1) is 23.8. The van der Waals surface area contributed by atoms with E-state index in [0.29, 0.717) is 21.2 Å². The van der Waals surface area contributed by atoms with Crippen LogP contribution in [0.4, 0.5) is 4.39 Å². The van der Waals surface area contributed by atoms with Crippen LogP contribution in [-0.2, 0) is 29.0 Å². The van der Waals surface area contributed by atoms with Crippen LogP contribution in [0.1, 0.15) is 16.7 Å². The van der Waals surface area contributed by atoms with E-state index >= 15 is 0 Å². The van der Waals surface area contributed by atoms with Crippen molar-refractivity contribution in [1.82, 2.24) is 10.2 Å². The van der Waals surface area contributed by atoms with Crippen molar-refractivity contribution in [2.45, 2.75) is 25.4 Å². The molecule has 1 atom stereocenters. The van der Waals surface area contributed by atoms with Gasteiger partial charge in [0.05, 0.1) is 6.42 Å². The molecule has 0 aliphatic heterocycles. The first-order valence-electron chi connectivity index (χ1n) is 10.1. The monoisotopic (exact) mass is 472 g/mol. The first-order chi connectivity index (χ1) is 15.4. The second-order valence-corrected chi connectivity index (χ2v) is 8.12. The lowest BCUT2D eigenvalue weighted by atomic mass is 10.0. The van der Waals surface area contributed by atoms with Gasteiger partial charge in [0.2, 0.25) is 11.8 Å². The summed E-state index contributed by atoms with van der Waals surface area (Å²) in [5, 5.41) is 3.34. The summed E-state index contributed by atoms with van der Waals surface area (Å²) in [5.74, 6) is -1.17. The lowest BCUT2D eigenvalue weighted by Crippen LogP contribution is -2.50. The maximum absolute atomic E-state index is 14.5. The van der Waals surface area contributed by atoms with Crippen LogP contribution in [0.5, 0.6) is 0 Å². The minimum absolute atomic E-state index is 0.0709. The Hall–Kier alpha value is -2.89. The SMILES string of the molecule is CNC(=O)C(Cc1ccccc1)N(Cc1ccccc1F)C(=O)Cc1c(Cl)cccc1Cl. The molecule has 0 heterocycles. The van der Waals surface area contributed by atoms with Gasteiger partial charge >= 0.3 is 0 Å². The van der Waals surface area contributed by atoms with Gasteiger partial charge in [0, 0.05) is 35.6 Å². The van der Waals surface area contributed by atoms with Gasteiger partial charge in [-0.1, -0.05) is 77.8 Å². The summed E-state index contributed by atoms with van der Waals surface area (Å²) in [6.07, 6.45) is 0.159. The molecular formula is C25H23Cl2FN2O2. The van der Waals surface area contributed by atoms with E-state index in [-0.39, 0.29) is 31.2 Å². The van der Waals surface area contributed by atoms with Gasteiger partial charge in [-0.25, -0.2) is 4.39 Å². The molecular weight excluding hydrogens is 450 g/mol. The van der Waals surface area contributed by atoms with Crippen molar-refractivity contribution >= 4 is 35.0 Å². The Balaban J connectivity index is 1.99. The van der Waals surface area contributed by atoms with E-state index in [9.17, 15) is 14.0 Å². The van der Waals surface area contributed by atoms with Crippen molar-refractivity contribution in [2.24, 2.45) is 0 Å². The summed E-state index contributed by atoms with van der Waals surface area (Å²) in [6, 6.07) is 19.7. The first-order valence-corrected chi connectivity index (χ1v) is 10.9. The van der Waals surface area contributed by atoms with Crippen LogP contribution in [0.15, 0.2) is 72.8 Å². The van der Waals surface area contributed by atoms with E-state index in [1.165, 1.54) is 18.0 Å². The van der Waals surface area contributed by atoms with Gasteiger partial charge in [-0.3, -0.25) is 9.59 Å². The molecule has 1 unspecified atom stereocenters. The zero-order chi connectivity index (χ0) is 23.1. The summed E-state index contributed by atoms with van der Waals surface area (Å²) in [4.78, 5) is 27.8. The summed E-state index contributed by atoms with van der Waals surface area (Å²) >= 11 is 12.5. The number of nitrogens with one attached hydrogen (secondary N) is 1. The number of likely N-dealkylation sites (N-methyl/N-ethyl adjacent to an activating group) is 1. The molecule has 0 fully saturated rings. The van der Waals surface area contributed by atoms with Crippen molar-refractivity contribution in [3.63, 3.8) is 0 Å². The van der Waals surface area contributed by atoms with Gasteiger partial charge in [-0.05, 0) is 29.3 Å². The Bertz CT molecular complexity index is 1070. The molecule has 3 rings (SSSR count). The highest BCUT2D eigenvalue weighted by atomic mass is 35.5. The van der Waals surface area contributed by atoms with E-state index in [4.69, 9.17) is 23.2 Å². The van der Waals surface area contributed by atoms with Gasteiger partial charge < -0.3 is 10.2 Å². The van der Waals surface area contributed by atoms with E-state index in [2.05, 4.69) is 5.32 Å². The number of benzene rings is 3. The molecule has 0 radical (unpaired) electrons. The standard InChI is InChI=1S/C25H23Cl2FN2O2/c1-29-25(32)23(14-17-8-3-2-4-9-17)30(16-18-10-5-6-13-22(18)28)24(31)15-19-20(26)11-7-12-21(19)27/h2-13,23H,14-16H2,1H3,(H,29,32). The van der Waals surface area contributed by atoms with Gasteiger partial charge in [0.25, 0.3) is 0 Å². The molecule has 0 spiro atoms. The molecule has 1 N–H and O–H groups in total. The van der Waals surface area contributed by atoms with Crippen molar-refractivity contribution < 1.29 is 14.0 Å². The van der Waals surface area contributed by atoms with Crippen LogP contribution < -0.4 is 5.32 Å². The molecule has 4 nitrogen and oxygen atoms in total. The van der Waals surface area contributed by atoms with Crippen LogP contribution in [0, 0.1) is 5.82 Å². The van der Waals surface area contributed by atoms with Crippen molar-refractivity contribution in [3.8, 4) is 0 Å². The third-order valence-electron chi connectivity index (χ3n) is 5.21. The highest BCUT2D eigenvalue weighted by Crippen LogP contribution is 2.26. The number of amides is 2. The number of carbonyl (C=O) groups is 2. The molecule has 3 aromatic rings. The van der Waals surface area contributed by atoms with Crippen LogP contribution in [0.3, 0.4) is 0 Å². The Morgan fingerprint density at radius 1 is 0.938 bits per heavy atom. The molecule has 32 heavy (non-hydrogen) atoms. The normalized spacial score (nSPS) is 11.6. The number of rotatable bonds is 8. The second kappa shape index (κ2) is 11.1. The molecule has 0 saturated heterocycles. The Morgan fingerprint density at radius 3 is 2.19 bits per heavy atom. The maximum Gasteiger partial charge on any atom is 0.242 e. The minimum atomic E-state index is -0.851. The smallest absolute Gasteiger partial charge is 0.242 e. The number of hydrogen-bond donors (Lipinski definition) is 1. The zero-order valence-corrected chi connectivity index (χ0v) is 19.0. The fourth-order valence-electron chi connectivity index (χ4n) is 3.48. The highest BCUT2D eigenvalue weighted by molar-refractivity contribution is 6.36. The summed E-state index contributed by atoms with van der Waals surface area (Å²) in [5.41, 5.74) is 1.66. The number of carbonyl (C=O) groups excluding carboxylic acids is 2. The van der Waals surface area contributed by atoms with Gasteiger partial charge in [0.15, 0.2) is 0 Å². The van der Waals surface area contributed by atoms with Gasteiger partial charge in [-0.15, -0.1) is 0 Å².